The van der Waals surface area contributed by atoms with Crippen molar-refractivity contribution in [3.8, 4) is 0 Å². The maximum atomic E-state index is 12.2. The summed E-state index contributed by atoms with van der Waals surface area (Å²) < 4.78 is 0. The van der Waals surface area contributed by atoms with Crippen LogP contribution < -0.4 is 5.32 Å². The van der Waals surface area contributed by atoms with E-state index in [1.165, 1.54) is 0 Å². The Hall–Kier alpha value is -2.50. The third kappa shape index (κ3) is 2.84. The van der Waals surface area contributed by atoms with Gasteiger partial charge in [-0.15, -0.1) is 0 Å². The molecule has 6 nitrogen and oxygen atoms in total. The summed E-state index contributed by atoms with van der Waals surface area (Å²) in [4.78, 5) is 31.5. The van der Waals surface area contributed by atoms with Crippen molar-refractivity contribution in [1.29, 1.82) is 0 Å². The third-order valence-corrected chi connectivity index (χ3v) is 3.85. The Morgan fingerprint density at radius 3 is 2.62 bits per heavy atom. The van der Waals surface area contributed by atoms with Gasteiger partial charge in [0.05, 0.1) is 17.0 Å². The van der Waals surface area contributed by atoms with E-state index in [1.807, 2.05) is 0 Å². The smallest absolute Gasteiger partial charge is 0.306 e. The Kier molecular flexibility index (Phi) is 3.51. The van der Waals surface area contributed by atoms with Gasteiger partial charge in [-0.1, -0.05) is 0 Å². The van der Waals surface area contributed by atoms with Crippen molar-refractivity contribution in [2.24, 2.45) is 5.92 Å². The molecular formula is C15H15N3O3. The molecule has 0 radical (unpaired) electrons. The van der Waals surface area contributed by atoms with Crippen LogP contribution in [0.3, 0.4) is 0 Å². The van der Waals surface area contributed by atoms with Crippen molar-refractivity contribution in [3.63, 3.8) is 0 Å². The summed E-state index contributed by atoms with van der Waals surface area (Å²) in [5, 5.41) is 11.9. The van der Waals surface area contributed by atoms with Gasteiger partial charge in [0.1, 0.15) is 0 Å². The van der Waals surface area contributed by atoms with Crippen LogP contribution in [0.1, 0.15) is 29.6 Å². The molecule has 1 aliphatic carbocycles. The molecule has 1 amide bonds. The second-order valence-electron chi connectivity index (χ2n) is 5.28. The van der Waals surface area contributed by atoms with E-state index < -0.39 is 5.97 Å². The van der Waals surface area contributed by atoms with Gasteiger partial charge >= 0.3 is 5.97 Å². The fourth-order valence-corrected chi connectivity index (χ4v) is 2.71. The molecule has 108 valence electrons. The maximum absolute atomic E-state index is 12.2. The Labute approximate surface area is 121 Å². The van der Waals surface area contributed by atoms with Crippen LogP contribution in [0.15, 0.2) is 30.6 Å². The highest BCUT2D eigenvalue weighted by Crippen LogP contribution is 2.26. The van der Waals surface area contributed by atoms with Crippen molar-refractivity contribution >= 4 is 22.9 Å². The normalized spacial score (nSPS) is 21.3. The van der Waals surface area contributed by atoms with Gasteiger partial charge in [-0.2, -0.15) is 0 Å². The zero-order valence-corrected chi connectivity index (χ0v) is 11.3. The summed E-state index contributed by atoms with van der Waals surface area (Å²) in [5.74, 6) is -1.33. The molecule has 1 fully saturated rings. The van der Waals surface area contributed by atoms with Crippen molar-refractivity contribution in [2.75, 3.05) is 0 Å². The van der Waals surface area contributed by atoms with Crippen LogP contribution in [-0.4, -0.2) is 33.0 Å². The maximum Gasteiger partial charge on any atom is 0.306 e. The van der Waals surface area contributed by atoms with Crippen LogP contribution in [-0.2, 0) is 4.79 Å². The predicted molar refractivity (Wildman–Crippen MR) is 75.8 cm³/mol. The molecular weight excluding hydrogens is 270 g/mol. The topological polar surface area (TPSA) is 92.2 Å². The minimum absolute atomic E-state index is 0.0730. The summed E-state index contributed by atoms with van der Waals surface area (Å²) >= 11 is 0. The summed E-state index contributed by atoms with van der Waals surface area (Å²) in [6.45, 7) is 0. The minimum Gasteiger partial charge on any atom is -0.481 e. The van der Waals surface area contributed by atoms with Gasteiger partial charge in [-0.05, 0) is 37.5 Å². The first kappa shape index (κ1) is 13.5. The van der Waals surface area contributed by atoms with Crippen molar-refractivity contribution < 1.29 is 14.7 Å². The lowest BCUT2D eigenvalue weighted by atomic mass is 10.1. The highest BCUT2D eigenvalue weighted by Gasteiger charge is 2.30. The highest BCUT2D eigenvalue weighted by molar-refractivity contribution is 5.97. The number of hydrogen-bond donors (Lipinski definition) is 2. The van der Waals surface area contributed by atoms with Gasteiger partial charge in [0.2, 0.25) is 0 Å². The van der Waals surface area contributed by atoms with E-state index >= 15 is 0 Å². The number of aromatic nitrogens is 2. The van der Waals surface area contributed by atoms with E-state index in [9.17, 15) is 9.59 Å². The van der Waals surface area contributed by atoms with Crippen molar-refractivity contribution in [3.05, 3.63) is 36.2 Å². The lowest BCUT2D eigenvalue weighted by Gasteiger charge is -2.12. The van der Waals surface area contributed by atoms with Gasteiger partial charge in [-0.3, -0.25) is 19.6 Å². The van der Waals surface area contributed by atoms with E-state index in [0.29, 0.717) is 30.3 Å². The molecule has 1 aromatic carbocycles. The number of carbonyl (C=O) groups excluding carboxylic acids is 1. The number of carbonyl (C=O) groups is 2. The molecule has 2 atom stereocenters. The van der Waals surface area contributed by atoms with E-state index in [1.54, 1.807) is 30.6 Å². The van der Waals surface area contributed by atoms with Gasteiger partial charge < -0.3 is 10.4 Å². The molecule has 0 spiro atoms. The molecule has 1 aromatic heterocycles. The van der Waals surface area contributed by atoms with Crippen molar-refractivity contribution in [2.45, 2.75) is 25.3 Å². The number of aliphatic carboxylic acids is 1. The quantitative estimate of drug-likeness (QED) is 0.893. The molecule has 6 heteroatoms. The molecule has 2 N–H and O–H groups in total. The number of carboxylic acid groups (broad SMARTS) is 1. The minimum atomic E-state index is -0.785. The molecule has 0 unspecified atom stereocenters. The molecule has 0 saturated heterocycles. The van der Waals surface area contributed by atoms with E-state index in [-0.39, 0.29) is 17.9 Å². The second kappa shape index (κ2) is 5.47. The molecule has 0 bridgehead atoms. The first-order chi connectivity index (χ1) is 10.1. The van der Waals surface area contributed by atoms with E-state index in [2.05, 4.69) is 15.3 Å². The second-order valence-corrected chi connectivity index (χ2v) is 5.28. The summed E-state index contributed by atoms with van der Waals surface area (Å²) in [6.07, 6.45) is 5.00. The van der Waals surface area contributed by atoms with Gasteiger partial charge in [0.15, 0.2) is 0 Å². The summed E-state index contributed by atoms with van der Waals surface area (Å²) in [5.41, 5.74) is 1.92. The van der Waals surface area contributed by atoms with Crippen LogP contribution >= 0.6 is 0 Å². The monoisotopic (exact) mass is 285 g/mol. The molecule has 1 heterocycles. The van der Waals surface area contributed by atoms with Crippen LogP contribution in [0.2, 0.25) is 0 Å². The number of rotatable bonds is 3. The number of hydrogen-bond acceptors (Lipinski definition) is 4. The number of carboxylic acids is 1. The Morgan fingerprint density at radius 2 is 1.90 bits per heavy atom. The van der Waals surface area contributed by atoms with Crippen LogP contribution in [0.5, 0.6) is 0 Å². The van der Waals surface area contributed by atoms with Gasteiger partial charge in [0, 0.05) is 24.0 Å². The molecule has 0 aliphatic heterocycles. The Bertz CT molecular complexity index is 701. The number of nitrogens with one attached hydrogen (secondary N) is 1. The van der Waals surface area contributed by atoms with Crippen LogP contribution in [0.25, 0.3) is 11.0 Å². The van der Waals surface area contributed by atoms with E-state index in [4.69, 9.17) is 5.11 Å². The van der Waals surface area contributed by atoms with E-state index in [0.717, 1.165) is 5.52 Å². The third-order valence-electron chi connectivity index (χ3n) is 3.85. The molecule has 1 aliphatic rings. The zero-order chi connectivity index (χ0) is 14.8. The Balaban J connectivity index is 1.71. The number of amides is 1. The lowest BCUT2D eigenvalue weighted by molar-refractivity contribution is -0.141. The molecule has 3 rings (SSSR count). The van der Waals surface area contributed by atoms with Crippen LogP contribution in [0, 0.1) is 5.92 Å². The number of nitrogens with zero attached hydrogens (tertiary/aromatic N) is 2. The molecule has 2 aromatic rings. The summed E-state index contributed by atoms with van der Waals surface area (Å²) in [6, 6.07) is 5.08. The zero-order valence-electron chi connectivity index (χ0n) is 11.3. The fourth-order valence-electron chi connectivity index (χ4n) is 2.71. The lowest BCUT2D eigenvalue weighted by Crippen LogP contribution is -2.33. The molecule has 1 saturated carbocycles. The van der Waals surface area contributed by atoms with Crippen molar-refractivity contribution in [1.82, 2.24) is 15.3 Å². The number of fused-ring (bicyclic) bond motifs is 1. The standard InChI is InChI=1S/C15H15N3O3/c19-14(18-11-3-1-10(7-11)15(20)21)9-2-4-12-13(8-9)17-6-5-16-12/h2,4-6,8,10-11H,1,3,7H2,(H,18,19)(H,20,21)/t10-,11+/m1/s1. The highest BCUT2D eigenvalue weighted by atomic mass is 16.4. The van der Waals surface area contributed by atoms with Crippen LogP contribution in [0.4, 0.5) is 0 Å². The average molecular weight is 285 g/mol. The fraction of sp³-hybridized carbons (Fsp3) is 0.333. The van der Waals surface area contributed by atoms with Gasteiger partial charge in [-0.25, -0.2) is 0 Å². The first-order valence-corrected chi connectivity index (χ1v) is 6.88. The predicted octanol–water partition coefficient (Wildman–Crippen LogP) is 1.61. The Morgan fingerprint density at radius 1 is 1.14 bits per heavy atom. The SMILES string of the molecule is O=C(N[C@H]1CC[C@@H](C(=O)O)C1)c1ccc2nccnc2c1. The first-order valence-electron chi connectivity index (χ1n) is 6.88. The number of benzene rings is 1. The summed E-state index contributed by atoms with van der Waals surface area (Å²) in [7, 11) is 0. The average Bonchev–Trinajstić information content (AvgIpc) is 2.95. The largest absolute Gasteiger partial charge is 0.481 e. The van der Waals surface area contributed by atoms with Gasteiger partial charge in [0.25, 0.3) is 5.91 Å². The molecule has 21 heavy (non-hydrogen) atoms.